The number of aliphatic hydroxyl groups is 1. The number of likely N-dealkylation sites (N-methyl/N-ethyl adjacent to an activating group) is 1. The van der Waals surface area contributed by atoms with E-state index in [2.05, 4.69) is 9.97 Å². The third-order valence-electron chi connectivity index (χ3n) is 6.88. The first kappa shape index (κ1) is 27.1. The lowest BCUT2D eigenvalue weighted by Gasteiger charge is -2.37. The molecule has 3 atom stereocenters. The molecule has 1 aliphatic rings. The smallest absolute Gasteiger partial charge is 0.259 e. The lowest BCUT2D eigenvalue weighted by Crippen LogP contribution is -2.50. The van der Waals surface area contributed by atoms with Gasteiger partial charge in [0.15, 0.2) is 0 Å². The molecule has 0 saturated heterocycles. The standard InChI is InChI=1S/C29H34N4O5/c1-19-16-33(20(2)18-34)29(36)25-13-22(21-8-10-24(37-4)11-9-21)15-31-28(25)38-26(19)17-32(3)27(35)14-23-7-5-6-12-30-23/h5-13,15,19-20,26,34H,14,16-18H2,1-4H3/t19-,20-,26-/m1/s1. The molecule has 1 aliphatic heterocycles. The molecule has 9 nitrogen and oxygen atoms in total. The molecular formula is C29H34N4O5. The third kappa shape index (κ3) is 6.11. The van der Waals surface area contributed by atoms with Gasteiger partial charge in [-0.25, -0.2) is 4.98 Å². The number of pyridine rings is 2. The van der Waals surface area contributed by atoms with E-state index >= 15 is 0 Å². The van der Waals surface area contributed by atoms with E-state index in [-0.39, 0.29) is 36.6 Å². The summed E-state index contributed by atoms with van der Waals surface area (Å²) in [7, 11) is 3.34. The summed E-state index contributed by atoms with van der Waals surface area (Å²) in [5.74, 6) is 0.475. The lowest BCUT2D eigenvalue weighted by atomic mass is 9.99. The first-order valence-electron chi connectivity index (χ1n) is 12.7. The minimum atomic E-state index is -0.424. The number of rotatable bonds is 8. The number of carbonyl (C=O) groups excluding carboxylic acids is 2. The van der Waals surface area contributed by atoms with Gasteiger partial charge in [-0.05, 0) is 42.8 Å². The fraction of sp³-hybridized carbons (Fsp3) is 0.379. The molecule has 38 heavy (non-hydrogen) atoms. The molecule has 9 heteroatoms. The Balaban J connectivity index is 1.63. The Morgan fingerprint density at radius 3 is 2.63 bits per heavy atom. The van der Waals surface area contributed by atoms with Gasteiger partial charge in [0.1, 0.15) is 17.4 Å². The van der Waals surface area contributed by atoms with Crippen molar-refractivity contribution in [2.75, 3.05) is 33.9 Å². The average molecular weight is 519 g/mol. The van der Waals surface area contributed by atoms with Crippen molar-refractivity contribution in [3.63, 3.8) is 0 Å². The molecule has 0 unspecified atom stereocenters. The molecule has 4 rings (SSSR count). The topological polar surface area (TPSA) is 105 Å². The Bertz CT molecular complexity index is 1250. The Labute approximate surface area is 223 Å². The van der Waals surface area contributed by atoms with E-state index in [4.69, 9.17) is 9.47 Å². The van der Waals surface area contributed by atoms with Crippen molar-refractivity contribution in [3.05, 3.63) is 72.2 Å². The minimum Gasteiger partial charge on any atom is -0.497 e. The number of benzene rings is 1. The molecule has 0 radical (unpaired) electrons. The van der Waals surface area contributed by atoms with Gasteiger partial charge in [-0.3, -0.25) is 14.6 Å². The predicted molar refractivity (Wildman–Crippen MR) is 143 cm³/mol. The molecule has 0 fully saturated rings. The number of amides is 2. The zero-order valence-corrected chi connectivity index (χ0v) is 22.2. The van der Waals surface area contributed by atoms with Crippen LogP contribution in [0.2, 0.25) is 0 Å². The monoisotopic (exact) mass is 518 g/mol. The highest BCUT2D eigenvalue weighted by Crippen LogP contribution is 2.31. The van der Waals surface area contributed by atoms with Gasteiger partial charge < -0.3 is 24.4 Å². The summed E-state index contributed by atoms with van der Waals surface area (Å²) in [6.45, 7) is 4.28. The molecule has 2 aromatic heterocycles. The Hall–Kier alpha value is -3.98. The van der Waals surface area contributed by atoms with Crippen molar-refractivity contribution < 1.29 is 24.2 Å². The highest BCUT2D eigenvalue weighted by molar-refractivity contribution is 5.98. The summed E-state index contributed by atoms with van der Waals surface area (Å²) in [4.78, 5) is 38.7. The van der Waals surface area contributed by atoms with E-state index in [1.165, 1.54) is 0 Å². The van der Waals surface area contributed by atoms with Gasteiger partial charge in [0.05, 0.1) is 32.7 Å². The van der Waals surface area contributed by atoms with Gasteiger partial charge in [-0.15, -0.1) is 0 Å². The average Bonchev–Trinajstić information content (AvgIpc) is 2.94. The largest absolute Gasteiger partial charge is 0.497 e. The van der Waals surface area contributed by atoms with Gasteiger partial charge in [-0.2, -0.15) is 0 Å². The first-order chi connectivity index (χ1) is 18.3. The molecule has 1 aromatic carbocycles. The van der Waals surface area contributed by atoms with Crippen molar-refractivity contribution in [1.82, 2.24) is 19.8 Å². The van der Waals surface area contributed by atoms with E-state index in [9.17, 15) is 14.7 Å². The Morgan fingerprint density at radius 2 is 1.97 bits per heavy atom. The molecule has 3 aromatic rings. The van der Waals surface area contributed by atoms with Gasteiger partial charge in [0.2, 0.25) is 11.8 Å². The number of hydrogen-bond acceptors (Lipinski definition) is 7. The Kier molecular flexibility index (Phi) is 8.58. The summed E-state index contributed by atoms with van der Waals surface area (Å²) in [5.41, 5.74) is 2.65. The van der Waals surface area contributed by atoms with E-state index < -0.39 is 12.1 Å². The maximum atomic E-state index is 13.7. The van der Waals surface area contributed by atoms with Crippen molar-refractivity contribution >= 4 is 11.8 Å². The number of aromatic nitrogens is 2. The van der Waals surface area contributed by atoms with E-state index in [1.54, 1.807) is 42.4 Å². The predicted octanol–water partition coefficient (Wildman–Crippen LogP) is 3.07. The van der Waals surface area contributed by atoms with E-state index in [1.807, 2.05) is 56.3 Å². The summed E-state index contributed by atoms with van der Waals surface area (Å²) < 4.78 is 11.6. The Morgan fingerprint density at radius 1 is 1.21 bits per heavy atom. The fourth-order valence-corrected chi connectivity index (χ4v) is 4.43. The van der Waals surface area contributed by atoms with Crippen molar-refractivity contribution in [2.45, 2.75) is 32.4 Å². The zero-order chi connectivity index (χ0) is 27.2. The number of fused-ring (bicyclic) bond motifs is 1. The molecule has 0 aliphatic carbocycles. The summed E-state index contributed by atoms with van der Waals surface area (Å²) in [5, 5.41) is 9.90. The molecule has 1 N–H and O–H groups in total. The number of methoxy groups -OCH3 is 1. The summed E-state index contributed by atoms with van der Waals surface area (Å²) in [6.07, 6.45) is 3.10. The molecule has 3 heterocycles. The molecule has 0 bridgehead atoms. The van der Waals surface area contributed by atoms with Gasteiger partial charge in [0, 0.05) is 43.2 Å². The second-order valence-electron chi connectivity index (χ2n) is 9.70. The third-order valence-corrected chi connectivity index (χ3v) is 6.88. The maximum absolute atomic E-state index is 13.7. The highest BCUT2D eigenvalue weighted by Gasteiger charge is 2.34. The van der Waals surface area contributed by atoms with Crippen LogP contribution in [0.3, 0.4) is 0 Å². The fourth-order valence-electron chi connectivity index (χ4n) is 4.43. The molecule has 200 valence electrons. The maximum Gasteiger partial charge on any atom is 0.259 e. The number of aliphatic hydroxyl groups excluding tert-OH is 1. The van der Waals surface area contributed by atoms with Crippen LogP contribution in [0, 0.1) is 5.92 Å². The lowest BCUT2D eigenvalue weighted by molar-refractivity contribution is -0.130. The highest BCUT2D eigenvalue weighted by atomic mass is 16.5. The van der Waals surface area contributed by atoms with Crippen molar-refractivity contribution in [2.24, 2.45) is 5.92 Å². The van der Waals surface area contributed by atoms with E-state index in [0.29, 0.717) is 24.3 Å². The minimum absolute atomic E-state index is 0.0822. The van der Waals surface area contributed by atoms with Gasteiger partial charge in [-0.1, -0.05) is 25.1 Å². The van der Waals surface area contributed by atoms with Crippen molar-refractivity contribution in [3.8, 4) is 22.8 Å². The summed E-state index contributed by atoms with van der Waals surface area (Å²) >= 11 is 0. The van der Waals surface area contributed by atoms with Crippen LogP contribution in [0.1, 0.15) is 29.9 Å². The number of ether oxygens (including phenoxy) is 2. The number of nitrogens with zero attached hydrogens (tertiary/aromatic N) is 4. The quantitative estimate of drug-likeness (QED) is 0.489. The van der Waals surface area contributed by atoms with Crippen LogP contribution in [0.25, 0.3) is 11.1 Å². The van der Waals surface area contributed by atoms with Crippen LogP contribution in [-0.2, 0) is 11.2 Å². The normalized spacial score (nSPS) is 18.0. The molecule has 0 spiro atoms. The first-order valence-corrected chi connectivity index (χ1v) is 12.7. The molecule has 2 amide bonds. The van der Waals surface area contributed by atoms with Crippen molar-refractivity contribution in [1.29, 1.82) is 0 Å². The van der Waals surface area contributed by atoms with Crippen LogP contribution < -0.4 is 9.47 Å². The second kappa shape index (κ2) is 12.0. The molecular weight excluding hydrogens is 484 g/mol. The number of hydrogen-bond donors (Lipinski definition) is 1. The van der Waals surface area contributed by atoms with Gasteiger partial charge >= 0.3 is 0 Å². The zero-order valence-electron chi connectivity index (χ0n) is 22.2. The molecule has 0 saturated carbocycles. The van der Waals surface area contributed by atoms with Crippen LogP contribution in [0.4, 0.5) is 0 Å². The van der Waals surface area contributed by atoms with Crippen LogP contribution in [-0.4, -0.2) is 82.7 Å². The van der Waals surface area contributed by atoms with Crippen LogP contribution in [0.5, 0.6) is 11.6 Å². The van der Waals surface area contributed by atoms with Crippen LogP contribution in [0.15, 0.2) is 60.9 Å². The van der Waals surface area contributed by atoms with Crippen LogP contribution >= 0.6 is 0 Å². The van der Waals surface area contributed by atoms with Gasteiger partial charge in [0.25, 0.3) is 5.91 Å². The number of carbonyl (C=O) groups is 2. The summed E-state index contributed by atoms with van der Waals surface area (Å²) in [6, 6.07) is 14.4. The second-order valence-corrected chi connectivity index (χ2v) is 9.70. The van der Waals surface area contributed by atoms with E-state index in [0.717, 1.165) is 16.9 Å². The SMILES string of the molecule is COc1ccc(-c2cnc3c(c2)C(=O)N([C@H](C)CO)C[C@@H](C)[C@@H](CN(C)C(=O)Cc2ccccn2)O3)cc1.